The Balaban J connectivity index is 1.49. The Kier molecular flexibility index (Phi) is 5.66. The van der Waals surface area contributed by atoms with Crippen LogP contribution in [0.5, 0.6) is 0 Å². The van der Waals surface area contributed by atoms with Gasteiger partial charge in [0.2, 0.25) is 11.8 Å². The summed E-state index contributed by atoms with van der Waals surface area (Å²) in [6, 6.07) is 15.2. The summed E-state index contributed by atoms with van der Waals surface area (Å²) < 4.78 is 7.92. The minimum Gasteiger partial charge on any atom is -0.420 e. The fourth-order valence-corrected chi connectivity index (χ4v) is 3.75. The van der Waals surface area contributed by atoms with E-state index in [4.69, 9.17) is 16.0 Å². The molecular formula is C24H20ClN7O. The second kappa shape index (κ2) is 8.91. The van der Waals surface area contributed by atoms with E-state index in [-0.39, 0.29) is 5.92 Å². The number of halogens is 1. The summed E-state index contributed by atoms with van der Waals surface area (Å²) in [5.41, 5.74) is 3.40. The van der Waals surface area contributed by atoms with Crippen molar-refractivity contribution in [2.45, 2.75) is 26.2 Å². The molecular weight excluding hydrogens is 438 g/mol. The molecule has 4 aromatic heterocycles. The molecule has 0 aliphatic heterocycles. The van der Waals surface area contributed by atoms with Crippen molar-refractivity contribution in [3.05, 3.63) is 89.6 Å². The van der Waals surface area contributed by atoms with Crippen LogP contribution < -0.4 is 0 Å². The highest BCUT2D eigenvalue weighted by atomic mass is 35.5. The first-order valence-electron chi connectivity index (χ1n) is 10.5. The van der Waals surface area contributed by atoms with Gasteiger partial charge in [0.25, 0.3) is 0 Å². The lowest BCUT2D eigenvalue weighted by Gasteiger charge is -2.13. The third-order valence-corrected chi connectivity index (χ3v) is 5.59. The van der Waals surface area contributed by atoms with Crippen LogP contribution in [-0.4, -0.2) is 34.9 Å². The van der Waals surface area contributed by atoms with E-state index < -0.39 is 0 Å². The highest BCUT2D eigenvalue weighted by Gasteiger charge is 2.22. The average Bonchev–Trinajstić information content (AvgIpc) is 3.48. The summed E-state index contributed by atoms with van der Waals surface area (Å²) in [5.74, 6) is 2.28. The van der Waals surface area contributed by atoms with E-state index in [9.17, 15) is 0 Å². The van der Waals surface area contributed by atoms with Gasteiger partial charge in [0.15, 0.2) is 5.82 Å². The van der Waals surface area contributed by atoms with Crippen molar-refractivity contribution in [1.29, 1.82) is 0 Å². The van der Waals surface area contributed by atoms with Gasteiger partial charge in [0, 0.05) is 42.2 Å². The molecule has 0 spiro atoms. The van der Waals surface area contributed by atoms with Gasteiger partial charge in [-0.25, -0.2) is 0 Å². The molecule has 5 aromatic rings. The lowest BCUT2D eigenvalue weighted by molar-refractivity contribution is 0.461. The van der Waals surface area contributed by atoms with Crippen LogP contribution in [0.3, 0.4) is 0 Å². The van der Waals surface area contributed by atoms with Crippen molar-refractivity contribution in [1.82, 2.24) is 34.9 Å². The number of pyridine rings is 2. The van der Waals surface area contributed by atoms with E-state index in [0.29, 0.717) is 29.0 Å². The molecule has 0 saturated carbocycles. The molecule has 0 amide bonds. The highest BCUT2D eigenvalue weighted by molar-refractivity contribution is 6.32. The smallest absolute Gasteiger partial charge is 0.249 e. The number of hydrogen-bond acceptors (Lipinski definition) is 7. The van der Waals surface area contributed by atoms with Crippen molar-refractivity contribution in [2.24, 2.45) is 0 Å². The number of rotatable bonds is 6. The molecule has 0 aliphatic rings. The van der Waals surface area contributed by atoms with Gasteiger partial charge in [-0.2, -0.15) is 0 Å². The molecule has 0 aliphatic carbocycles. The van der Waals surface area contributed by atoms with Crippen molar-refractivity contribution >= 4 is 11.6 Å². The van der Waals surface area contributed by atoms with Crippen LogP contribution in [0.4, 0.5) is 0 Å². The van der Waals surface area contributed by atoms with Gasteiger partial charge >= 0.3 is 0 Å². The Hall–Kier alpha value is -3.91. The number of hydrogen-bond donors (Lipinski definition) is 0. The van der Waals surface area contributed by atoms with Gasteiger partial charge in [-0.3, -0.25) is 14.5 Å². The van der Waals surface area contributed by atoms with Crippen LogP contribution in [0.1, 0.15) is 30.3 Å². The average molecular weight is 458 g/mol. The maximum absolute atomic E-state index is 6.55. The van der Waals surface area contributed by atoms with Crippen molar-refractivity contribution in [2.75, 3.05) is 0 Å². The molecule has 5 rings (SSSR count). The molecule has 1 unspecified atom stereocenters. The van der Waals surface area contributed by atoms with Gasteiger partial charge in [0.1, 0.15) is 5.82 Å². The third kappa shape index (κ3) is 4.25. The van der Waals surface area contributed by atoms with Crippen LogP contribution in [0.15, 0.2) is 71.5 Å². The fourth-order valence-electron chi connectivity index (χ4n) is 3.53. The zero-order valence-electron chi connectivity index (χ0n) is 18.1. The van der Waals surface area contributed by atoms with E-state index in [1.807, 2.05) is 66.9 Å². The van der Waals surface area contributed by atoms with E-state index in [2.05, 4.69) is 30.4 Å². The van der Waals surface area contributed by atoms with E-state index in [0.717, 1.165) is 28.3 Å². The summed E-state index contributed by atoms with van der Waals surface area (Å²) in [5, 5.41) is 18.0. The van der Waals surface area contributed by atoms with Gasteiger partial charge in [-0.05, 0) is 43.3 Å². The van der Waals surface area contributed by atoms with Crippen molar-refractivity contribution in [3.8, 4) is 28.5 Å². The maximum Gasteiger partial charge on any atom is 0.249 e. The second-order valence-electron chi connectivity index (χ2n) is 7.70. The Bertz CT molecular complexity index is 1380. The maximum atomic E-state index is 6.55. The zero-order chi connectivity index (χ0) is 22.8. The predicted octanol–water partition coefficient (Wildman–Crippen LogP) is 5.08. The monoisotopic (exact) mass is 457 g/mol. The molecule has 0 radical (unpaired) electrons. The first kappa shape index (κ1) is 21.0. The molecule has 4 heterocycles. The van der Waals surface area contributed by atoms with Gasteiger partial charge in [-0.1, -0.05) is 30.7 Å². The Morgan fingerprint density at radius 3 is 2.52 bits per heavy atom. The molecule has 1 aromatic carbocycles. The topological polar surface area (TPSA) is 95.4 Å². The van der Waals surface area contributed by atoms with Crippen LogP contribution in [0.2, 0.25) is 5.02 Å². The number of nitrogens with zero attached hydrogens (tertiary/aromatic N) is 7. The van der Waals surface area contributed by atoms with Crippen molar-refractivity contribution in [3.63, 3.8) is 0 Å². The minimum absolute atomic E-state index is 0.0969. The normalized spacial score (nSPS) is 12.1. The quantitative estimate of drug-likeness (QED) is 0.350. The Labute approximate surface area is 195 Å². The summed E-state index contributed by atoms with van der Waals surface area (Å²) in [7, 11) is 0. The molecule has 0 fully saturated rings. The Morgan fingerprint density at radius 2 is 1.76 bits per heavy atom. The first-order valence-corrected chi connectivity index (χ1v) is 10.8. The molecule has 0 saturated heterocycles. The van der Waals surface area contributed by atoms with Gasteiger partial charge in [-0.15, -0.1) is 20.4 Å². The predicted molar refractivity (Wildman–Crippen MR) is 124 cm³/mol. The number of para-hydroxylation sites is 1. The van der Waals surface area contributed by atoms with Crippen molar-refractivity contribution < 1.29 is 4.42 Å². The summed E-state index contributed by atoms with van der Waals surface area (Å²) in [6.45, 7) is 3.95. The molecule has 0 bridgehead atoms. The largest absolute Gasteiger partial charge is 0.420 e. The molecule has 164 valence electrons. The lowest BCUT2D eigenvalue weighted by Crippen LogP contribution is -2.08. The van der Waals surface area contributed by atoms with Crippen LogP contribution in [0, 0.1) is 6.92 Å². The van der Waals surface area contributed by atoms with Gasteiger partial charge in [0.05, 0.1) is 16.3 Å². The van der Waals surface area contributed by atoms with Crippen LogP contribution in [-0.2, 0) is 6.42 Å². The summed E-state index contributed by atoms with van der Waals surface area (Å²) >= 11 is 6.55. The minimum atomic E-state index is -0.0969. The Morgan fingerprint density at radius 1 is 0.939 bits per heavy atom. The molecule has 1 atom stereocenters. The first-order chi connectivity index (χ1) is 16.1. The van der Waals surface area contributed by atoms with E-state index >= 15 is 0 Å². The molecule has 0 N–H and O–H groups in total. The highest BCUT2D eigenvalue weighted by Crippen LogP contribution is 2.30. The zero-order valence-corrected chi connectivity index (χ0v) is 18.8. The van der Waals surface area contributed by atoms with Crippen LogP contribution in [0.25, 0.3) is 28.5 Å². The van der Waals surface area contributed by atoms with E-state index in [1.54, 1.807) is 18.6 Å². The number of benzene rings is 1. The van der Waals surface area contributed by atoms with E-state index in [1.165, 1.54) is 0 Å². The lowest BCUT2D eigenvalue weighted by atomic mass is 10.1. The number of aromatic nitrogens is 7. The molecule has 9 heteroatoms. The SMILES string of the molecule is Cc1ccc(-c2nnc(C(C)Cc3nnc(-c4ccncc4)n3-c3ccccc3Cl)o2)cn1. The second-order valence-corrected chi connectivity index (χ2v) is 8.11. The summed E-state index contributed by atoms with van der Waals surface area (Å²) in [4.78, 5) is 8.40. The third-order valence-electron chi connectivity index (χ3n) is 5.27. The molecule has 8 nitrogen and oxygen atoms in total. The van der Waals surface area contributed by atoms with Gasteiger partial charge < -0.3 is 4.42 Å². The fraction of sp³-hybridized carbons (Fsp3) is 0.167. The molecule has 33 heavy (non-hydrogen) atoms. The summed E-state index contributed by atoms with van der Waals surface area (Å²) in [6.07, 6.45) is 5.70. The standard InChI is InChI=1S/C24H20ClN7O/c1-15(23-30-31-24(33-23)18-8-7-16(2)27-14-18)13-21-28-29-22(17-9-11-26-12-10-17)32(21)20-6-4-3-5-19(20)25/h3-12,14-15H,13H2,1-2H3. The van der Waals surface area contributed by atoms with Crippen LogP contribution >= 0.6 is 11.6 Å². The number of aryl methyl sites for hydroxylation is 1.